The number of hydrogen-bond acceptors (Lipinski definition) is 0. The van der Waals surface area contributed by atoms with Crippen molar-refractivity contribution < 1.29 is 9.13 Å². The standard InChI is InChI=1S/C53H50N2/c1-5-8-18-38-27-29-41-32-42(53(6-2,7-3)55-30-17-16-25-51(55)48(41)31-38)35-54-36-50-46-24-15-13-22-44(46)43-21-12-14-23-45(43)49(50)34-52(54)47-33-40(28-26-37(47)4)39-19-10-9-11-20-39/h9-17,19-34,36H,5-8,18,35H2,1-4H3/q+2. The Morgan fingerprint density at radius 2 is 1.22 bits per heavy atom. The van der Waals surface area contributed by atoms with Gasteiger partial charge in [-0.05, 0) is 93.4 Å². The molecule has 3 heterocycles. The summed E-state index contributed by atoms with van der Waals surface area (Å²) in [5.41, 5.74) is 12.8. The molecule has 6 aromatic carbocycles. The van der Waals surface area contributed by atoms with Crippen LogP contribution in [0.2, 0.25) is 0 Å². The third-order valence-corrected chi connectivity index (χ3v) is 12.5. The monoisotopic (exact) mass is 714 g/mol. The van der Waals surface area contributed by atoms with Crippen LogP contribution in [0.15, 0.2) is 157 Å². The lowest BCUT2D eigenvalue weighted by atomic mass is 9.82. The third kappa shape index (κ3) is 5.96. The van der Waals surface area contributed by atoms with E-state index in [1.165, 1.54) is 101 Å². The maximum absolute atomic E-state index is 2.61. The molecule has 1 aliphatic rings. The average molecular weight is 715 g/mol. The van der Waals surface area contributed by atoms with Crippen LogP contribution >= 0.6 is 0 Å². The first-order valence-corrected chi connectivity index (χ1v) is 20.3. The van der Waals surface area contributed by atoms with Crippen molar-refractivity contribution in [3.8, 4) is 33.6 Å². The minimum Gasteiger partial charge on any atom is -0.193 e. The summed E-state index contributed by atoms with van der Waals surface area (Å²) in [6.45, 7) is 10.1. The molecular formula is C53H50N2+2. The predicted octanol–water partition coefficient (Wildman–Crippen LogP) is 13.0. The second-order valence-corrected chi connectivity index (χ2v) is 15.5. The Morgan fingerprint density at radius 1 is 0.545 bits per heavy atom. The van der Waals surface area contributed by atoms with Crippen molar-refractivity contribution in [1.82, 2.24) is 0 Å². The first-order chi connectivity index (χ1) is 27.0. The van der Waals surface area contributed by atoms with Gasteiger partial charge in [0.15, 0.2) is 24.5 Å². The number of benzene rings is 6. The Morgan fingerprint density at radius 3 is 1.93 bits per heavy atom. The molecule has 0 fully saturated rings. The topological polar surface area (TPSA) is 7.76 Å². The highest BCUT2D eigenvalue weighted by Crippen LogP contribution is 2.40. The van der Waals surface area contributed by atoms with Crippen molar-refractivity contribution >= 4 is 38.4 Å². The number of aromatic nitrogens is 2. The van der Waals surface area contributed by atoms with Crippen molar-refractivity contribution in [1.29, 1.82) is 0 Å². The molecule has 0 atom stereocenters. The maximum Gasteiger partial charge on any atom is 0.213 e. The number of aryl methyl sites for hydroxylation is 2. The molecule has 0 saturated heterocycles. The molecular weight excluding hydrogens is 665 g/mol. The van der Waals surface area contributed by atoms with Gasteiger partial charge in [-0.2, -0.15) is 9.13 Å². The lowest BCUT2D eigenvalue weighted by molar-refractivity contribution is -0.755. The Labute approximate surface area is 326 Å². The molecule has 55 heavy (non-hydrogen) atoms. The van der Waals surface area contributed by atoms with Crippen molar-refractivity contribution in [2.24, 2.45) is 0 Å². The highest BCUT2D eigenvalue weighted by atomic mass is 15.1. The molecule has 0 spiro atoms. The van der Waals surface area contributed by atoms with Gasteiger partial charge in [0.2, 0.25) is 11.4 Å². The molecule has 0 bridgehead atoms. The zero-order chi connectivity index (χ0) is 37.5. The summed E-state index contributed by atoms with van der Waals surface area (Å²) in [5.74, 6) is 0. The first kappa shape index (κ1) is 34.9. The Hall–Kier alpha value is -5.86. The van der Waals surface area contributed by atoms with E-state index in [-0.39, 0.29) is 5.54 Å². The van der Waals surface area contributed by atoms with Crippen LogP contribution in [-0.2, 0) is 18.5 Å². The lowest BCUT2D eigenvalue weighted by Crippen LogP contribution is -2.59. The van der Waals surface area contributed by atoms with Crippen molar-refractivity contribution in [3.05, 3.63) is 174 Å². The number of rotatable bonds is 9. The van der Waals surface area contributed by atoms with Gasteiger partial charge < -0.3 is 0 Å². The third-order valence-electron chi connectivity index (χ3n) is 12.5. The zero-order valence-electron chi connectivity index (χ0n) is 32.6. The molecule has 2 nitrogen and oxygen atoms in total. The molecule has 8 aromatic rings. The minimum absolute atomic E-state index is 0.204. The van der Waals surface area contributed by atoms with Crippen molar-refractivity contribution in [2.45, 2.75) is 71.9 Å². The molecule has 0 radical (unpaired) electrons. The lowest BCUT2D eigenvalue weighted by Gasteiger charge is -2.28. The van der Waals surface area contributed by atoms with Crippen molar-refractivity contribution in [3.63, 3.8) is 0 Å². The van der Waals surface area contributed by atoms with Crippen LogP contribution in [0.5, 0.6) is 0 Å². The van der Waals surface area contributed by atoms with Gasteiger partial charge in [-0.15, -0.1) is 0 Å². The van der Waals surface area contributed by atoms with Crippen LogP contribution < -0.4 is 9.13 Å². The fourth-order valence-electron chi connectivity index (χ4n) is 9.43. The molecule has 1 aliphatic heterocycles. The summed E-state index contributed by atoms with van der Waals surface area (Å²) >= 11 is 0. The summed E-state index contributed by atoms with van der Waals surface area (Å²) in [7, 11) is 0. The van der Waals surface area contributed by atoms with E-state index < -0.39 is 0 Å². The van der Waals surface area contributed by atoms with E-state index in [0.717, 1.165) is 25.8 Å². The Balaban J connectivity index is 1.34. The van der Waals surface area contributed by atoms with E-state index >= 15 is 0 Å². The number of hydrogen-bond donors (Lipinski definition) is 0. The highest BCUT2D eigenvalue weighted by molar-refractivity contribution is 6.25. The fourth-order valence-corrected chi connectivity index (χ4v) is 9.43. The van der Waals surface area contributed by atoms with Gasteiger partial charge in [0.25, 0.3) is 0 Å². The normalized spacial score (nSPS) is 13.4. The first-order valence-electron chi connectivity index (χ1n) is 20.3. The van der Waals surface area contributed by atoms with E-state index in [2.05, 4.69) is 195 Å². The van der Waals surface area contributed by atoms with Crippen molar-refractivity contribution in [2.75, 3.05) is 0 Å². The van der Waals surface area contributed by atoms with E-state index in [0.29, 0.717) is 0 Å². The predicted molar refractivity (Wildman–Crippen MR) is 232 cm³/mol. The summed E-state index contributed by atoms with van der Waals surface area (Å²) in [6, 6.07) is 52.2. The van der Waals surface area contributed by atoms with E-state index in [4.69, 9.17) is 0 Å². The van der Waals surface area contributed by atoms with Gasteiger partial charge in [0.1, 0.15) is 0 Å². The molecule has 0 N–H and O–H groups in total. The fraction of sp³-hybridized carbons (Fsp3) is 0.208. The van der Waals surface area contributed by atoms with Crippen LogP contribution in [0.4, 0.5) is 0 Å². The number of unbranched alkanes of at least 4 members (excludes halogenated alkanes) is 1. The number of fused-ring (bicyclic) bond motifs is 9. The molecule has 2 heteroatoms. The van der Waals surface area contributed by atoms with E-state index in [1.54, 1.807) is 0 Å². The summed E-state index contributed by atoms with van der Waals surface area (Å²) in [6.07, 6.45) is 12.9. The van der Waals surface area contributed by atoms with Gasteiger partial charge in [-0.3, -0.25) is 0 Å². The summed E-state index contributed by atoms with van der Waals surface area (Å²) < 4.78 is 5.19. The Kier molecular flexibility index (Phi) is 9.14. The average Bonchev–Trinajstić information content (AvgIpc) is 3.35. The number of nitrogens with zero attached hydrogens (tertiary/aromatic N) is 2. The second-order valence-electron chi connectivity index (χ2n) is 15.5. The number of allylic oxidation sites excluding steroid dienone is 1. The highest BCUT2D eigenvalue weighted by Gasteiger charge is 2.46. The quantitative estimate of drug-likeness (QED) is 0.104. The second kappa shape index (κ2) is 14.4. The van der Waals surface area contributed by atoms with Gasteiger partial charge >= 0.3 is 0 Å². The zero-order valence-corrected chi connectivity index (χ0v) is 32.6. The molecule has 270 valence electrons. The summed E-state index contributed by atoms with van der Waals surface area (Å²) in [5, 5.41) is 7.77. The molecule has 9 rings (SSSR count). The van der Waals surface area contributed by atoms with Gasteiger partial charge in [0, 0.05) is 42.0 Å². The smallest absolute Gasteiger partial charge is 0.193 e. The van der Waals surface area contributed by atoms with Crippen LogP contribution in [0, 0.1) is 6.92 Å². The molecule has 0 amide bonds. The minimum atomic E-state index is -0.204. The van der Waals surface area contributed by atoms with E-state index in [9.17, 15) is 0 Å². The molecule has 0 saturated carbocycles. The maximum atomic E-state index is 2.61. The van der Waals surface area contributed by atoms with Gasteiger partial charge in [-0.1, -0.05) is 130 Å². The SMILES string of the molecule is CCCCc1ccc2c(c1)-c1cccc[n+]1C(CC)(CC)C(C[n+]1cc3c4ccccc4c4ccccc4c3cc1-c1cc(-c3ccccc3)ccc1C)=C2. The molecule has 0 unspecified atom stereocenters. The van der Waals surface area contributed by atoms with Crippen LogP contribution in [0.3, 0.4) is 0 Å². The van der Waals surface area contributed by atoms with Gasteiger partial charge in [0.05, 0.1) is 16.5 Å². The van der Waals surface area contributed by atoms with Crippen LogP contribution in [-0.4, -0.2) is 0 Å². The van der Waals surface area contributed by atoms with E-state index in [1.807, 2.05) is 0 Å². The largest absolute Gasteiger partial charge is 0.213 e. The van der Waals surface area contributed by atoms with Gasteiger partial charge in [-0.25, -0.2) is 0 Å². The molecule has 2 aromatic heterocycles. The molecule has 0 aliphatic carbocycles. The number of pyridine rings is 2. The Bertz CT molecular complexity index is 2750. The van der Waals surface area contributed by atoms with Crippen LogP contribution in [0.1, 0.15) is 63.1 Å². The summed E-state index contributed by atoms with van der Waals surface area (Å²) in [4.78, 5) is 0. The van der Waals surface area contributed by atoms with Crippen LogP contribution in [0.25, 0.3) is 72.0 Å².